The fourth-order valence-electron chi connectivity index (χ4n) is 8.28. The van der Waals surface area contributed by atoms with Crippen LogP contribution in [-0.2, 0) is 32.7 Å². The molecule has 67 heavy (non-hydrogen) atoms. The molecule has 0 aliphatic heterocycles. The van der Waals surface area contributed by atoms with Crippen molar-refractivity contribution in [3.63, 3.8) is 0 Å². The molecule has 0 fully saturated rings. The smallest absolute Gasteiger partial charge is 0.462 e. The Morgan fingerprint density at radius 1 is 0.463 bits per heavy atom. The lowest BCUT2D eigenvalue weighted by Crippen LogP contribution is -2.37. The number of esters is 2. The number of nitrogens with zero attached hydrogens (tertiary/aromatic N) is 1. The molecular formula is C57H111NO8P+. The van der Waals surface area contributed by atoms with Crippen LogP contribution in [0.25, 0.3) is 0 Å². The molecule has 10 heteroatoms. The molecule has 9 nitrogen and oxygen atoms in total. The van der Waals surface area contributed by atoms with Gasteiger partial charge in [0.1, 0.15) is 19.8 Å². The maximum Gasteiger partial charge on any atom is 0.472 e. The van der Waals surface area contributed by atoms with Gasteiger partial charge in [0.15, 0.2) is 6.10 Å². The highest BCUT2D eigenvalue weighted by Gasteiger charge is 2.27. The Labute approximate surface area is 415 Å². The van der Waals surface area contributed by atoms with Crippen molar-refractivity contribution >= 4 is 19.8 Å². The van der Waals surface area contributed by atoms with Gasteiger partial charge < -0.3 is 18.9 Å². The van der Waals surface area contributed by atoms with Crippen LogP contribution in [0.2, 0.25) is 0 Å². The Hall–Kier alpha value is -1.51. The standard InChI is InChI=1S/C57H110NO8P/c1-6-8-10-12-14-16-18-20-21-22-23-24-25-26-27-28-29-30-31-32-33-34-35-36-37-38-40-42-44-46-48-50-57(60)66-55(54-65-67(61,62)64-52-51-58(3,4)5)53-63-56(59)49-47-45-43-41-39-19-17-15-13-11-9-7-2/h18,20,22-23,55H,6-17,19,21,24-54H2,1-5H3/p+1/b20-18-,23-22-. The number of phosphoric acid groups is 1. The summed E-state index contributed by atoms with van der Waals surface area (Å²) in [6, 6.07) is 0. The summed E-state index contributed by atoms with van der Waals surface area (Å²) in [7, 11) is 1.49. The van der Waals surface area contributed by atoms with E-state index in [1.54, 1.807) is 0 Å². The van der Waals surface area contributed by atoms with E-state index in [2.05, 4.69) is 38.2 Å². The lowest BCUT2D eigenvalue weighted by atomic mass is 10.0. The van der Waals surface area contributed by atoms with Gasteiger partial charge in [0.2, 0.25) is 0 Å². The number of unbranched alkanes of at least 4 members (excludes halogenated alkanes) is 35. The van der Waals surface area contributed by atoms with Gasteiger partial charge in [0.25, 0.3) is 0 Å². The first-order valence-corrected chi connectivity index (χ1v) is 30.1. The summed E-state index contributed by atoms with van der Waals surface area (Å²) >= 11 is 0. The number of allylic oxidation sites excluding steroid dienone is 4. The molecular weight excluding hydrogens is 858 g/mol. The fraction of sp³-hybridized carbons (Fsp3) is 0.895. The minimum absolute atomic E-state index is 0.0352. The van der Waals surface area contributed by atoms with E-state index in [0.29, 0.717) is 23.9 Å². The molecule has 1 N–H and O–H groups in total. The molecule has 0 rings (SSSR count). The van der Waals surface area contributed by atoms with Gasteiger partial charge in [-0.25, -0.2) is 4.57 Å². The number of likely N-dealkylation sites (N-methyl/N-ethyl adjacent to an activating group) is 1. The number of hydrogen-bond acceptors (Lipinski definition) is 7. The third kappa shape index (κ3) is 53.7. The Bertz CT molecular complexity index is 1190. The van der Waals surface area contributed by atoms with E-state index in [-0.39, 0.29) is 25.6 Å². The summed E-state index contributed by atoms with van der Waals surface area (Å²) < 4.78 is 34.5. The van der Waals surface area contributed by atoms with E-state index >= 15 is 0 Å². The van der Waals surface area contributed by atoms with Gasteiger partial charge in [-0.05, 0) is 44.9 Å². The van der Waals surface area contributed by atoms with Gasteiger partial charge >= 0.3 is 19.8 Å². The minimum Gasteiger partial charge on any atom is -0.462 e. The van der Waals surface area contributed by atoms with Crippen LogP contribution in [0.1, 0.15) is 277 Å². The van der Waals surface area contributed by atoms with Crippen LogP contribution in [0.4, 0.5) is 0 Å². The van der Waals surface area contributed by atoms with Crippen LogP contribution in [0.5, 0.6) is 0 Å². The molecule has 0 amide bonds. The van der Waals surface area contributed by atoms with Crippen molar-refractivity contribution in [3.05, 3.63) is 24.3 Å². The molecule has 396 valence electrons. The van der Waals surface area contributed by atoms with Gasteiger partial charge in [0, 0.05) is 12.8 Å². The second kappa shape index (κ2) is 49.5. The molecule has 2 unspecified atom stereocenters. The third-order valence-corrected chi connectivity index (χ3v) is 13.7. The summed E-state index contributed by atoms with van der Waals surface area (Å²) in [5.74, 6) is -0.783. The fourth-order valence-corrected chi connectivity index (χ4v) is 9.02. The summed E-state index contributed by atoms with van der Waals surface area (Å²) in [4.78, 5) is 35.5. The maximum atomic E-state index is 12.8. The number of carbonyl (C=O) groups excluding carboxylic acids is 2. The molecule has 0 saturated heterocycles. The van der Waals surface area contributed by atoms with Gasteiger partial charge in [-0.2, -0.15) is 0 Å². The summed E-state index contributed by atoms with van der Waals surface area (Å²) in [5, 5.41) is 0. The van der Waals surface area contributed by atoms with E-state index < -0.39 is 26.5 Å². The van der Waals surface area contributed by atoms with Crippen molar-refractivity contribution in [1.82, 2.24) is 0 Å². The highest BCUT2D eigenvalue weighted by molar-refractivity contribution is 7.47. The lowest BCUT2D eigenvalue weighted by molar-refractivity contribution is -0.870. The molecule has 2 atom stereocenters. The first-order chi connectivity index (χ1) is 32.5. The van der Waals surface area contributed by atoms with Gasteiger partial charge in [-0.3, -0.25) is 18.6 Å². The topological polar surface area (TPSA) is 108 Å². The van der Waals surface area contributed by atoms with Crippen molar-refractivity contribution in [2.24, 2.45) is 0 Å². The molecule has 0 aliphatic carbocycles. The second-order valence-electron chi connectivity index (χ2n) is 20.7. The van der Waals surface area contributed by atoms with E-state index in [9.17, 15) is 19.0 Å². The molecule has 0 bridgehead atoms. The van der Waals surface area contributed by atoms with E-state index in [1.807, 2.05) is 21.1 Å². The van der Waals surface area contributed by atoms with E-state index in [1.165, 1.54) is 205 Å². The summed E-state index contributed by atoms with van der Waals surface area (Å²) in [6.07, 6.45) is 58.3. The Kier molecular flexibility index (Phi) is 48.4. The van der Waals surface area contributed by atoms with Crippen molar-refractivity contribution in [1.29, 1.82) is 0 Å². The first kappa shape index (κ1) is 65.5. The largest absolute Gasteiger partial charge is 0.472 e. The lowest BCUT2D eigenvalue weighted by Gasteiger charge is -2.24. The Morgan fingerprint density at radius 2 is 0.806 bits per heavy atom. The van der Waals surface area contributed by atoms with Crippen LogP contribution in [0.15, 0.2) is 24.3 Å². The van der Waals surface area contributed by atoms with Crippen molar-refractivity contribution in [2.75, 3.05) is 47.5 Å². The molecule has 0 aromatic rings. The van der Waals surface area contributed by atoms with Crippen LogP contribution < -0.4 is 0 Å². The van der Waals surface area contributed by atoms with Gasteiger partial charge in [-0.15, -0.1) is 0 Å². The quantitative estimate of drug-likeness (QED) is 0.0211. The number of rotatable bonds is 53. The number of carbonyl (C=O) groups is 2. The predicted molar refractivity (Wildman–Crippen MR) is 284 cm³/mol. The second-order valence-corrected chi connectivity index (χ2v) is 22.1. The van der Waals surface area contributed by atoms with Crippen LogP contribution in [-0.4, -0.2) is 74.9 Å². The number of ether oxygens (including phenoxy) is 2. The molecule has 0 spiro atoms. The Balaban J connectivity index is 4.00. The minimum atomic E-state index is -4.37. The number of quaternary nitrogens is 1. The predicted octanol–water partition coefficient (Wildman–Crippen LogP) is 17.4. The van der Waals surface area contributed by atoms with Crippen LogP contribution in [0.3, 0.4) is 0 Å². The van der Waals surface area contributed by atoms with E-state index in [0.717, 1.165) is 38.5 Å². The van der Waals surface area contributed by atoms with Crippen LogP contribution >= 0.6 is 7.82 Å². The zero-order chi connectivity index (χ0) is 49.2. The van der Waals surface area contributed by atoms with Gasteiger partial charge in [0.05, 0.1) is 27.7 Å². The molecule has 0 aromatic heterocycles. The third-order valence-electron chi connectivity index (χ3n) is 12.7. The first-order valence-electron chi connectivity index (χ1n) is 28.6. The number of hydrogen-bond donors (Lipinski definition) is 1. The van der Waals surface area contributed by atoms with Crippen molar-refractivity contribution < 1.29 is 42.1 Å². The molecule has 0 heterocycles. The highest BCUT2D eigenvalue weighted by Crippen LogP contribution is 2.43. The average molecular weight is 969 g/mol. The van der Waals surface area contributed by atoms with Crippen molar-refractivity contribution in [3.8, 4) is 0 Å². The molecule has 0 saturated carbocycles. The van der Waals surface area contributed by atoms with Gasteiger partial charge in [-0.1, -0.05) is 244 Å². The summed E-state index contributed by atoms with van der Waals surface area (Å²) in [6.45, 7) is 4.45. The normalized spacial score (nSPS) is 13.5. The number of phosphoric ester groups is 1. The highest BCUT2D eigenvalue weighted by atomic mass is 31.2. The SMILES string of the molecule is CCCCCCC/C=C\C/C=C\CCCCCCCCCCCCCCCCCCCCCC(=O)OC(COC(=O)CCCCCCCCCCCCCC)COP(=O)(O)OCC[N+](C)(C)C. The zero-order valence-electron chi connectivity index (χ0n) is 44.9. The molecule has 0 aromatic carbocycles. The average Bonchev–Trinajstić information content (AvgIpc) is 3.29. The summed E-state index contributed by atoms with van der Waals surface area (Å²) in [5.41, 5.74) is 0. The Morgan fingerprint density at radius 3 is 1.18 bits per heavy atom. The van der Waals surface area contributed by atoms with E-state index in [4.69, 9.17) is 18.5 Å². The monoisotopic (exact) mass is 969 g/mol. The molecule has 0 radical (unpaired) electrons. The van der Waals surface area contributed by atoms with Crippen molar-refractivity contribution in [2.45, 2.75) is 283 Å². The molecule has 0 aliphatic rings. The van der Waals surface area contributed by atoms with Crippen LogP contribution in [0, 0.1) is 0 Å². The maximum absolute atomic E-state index is 12.8. The zero-order valence-corrected chi connectivity index (χ0v) is 45.8.